The van der Waals surface area contributed by atoms with Crippen LogP contribution in [0.25, 0.3) is 0 Å². The zero-order valence-electron chi connectivity index (χ0n) is 7.79. The third-order valence-corrected chi connectivity index (χ3v) is 4.53. The van der Waals surface area contributed by atoms with Gasteiger partial charge in [-0.1, -0.05) is 0 Å². The van der Waals surface area contributed by atoms with Crippen LogP contribution in [0.5, 0.6) is 0 Å². The predicted octanol–water partition coefficient (Wildman–Crippen LogP) is 0.498. The van der Waals surface area contributed by atoms with Crippen molar-refractivity contribution in [3.63, 3.8) is 0 Å². The van der Waals surface area contributed by atoms with Gasteiger partial charge in [0.1, 0.15) is 5.67 Å². The molecule has 1 rings (SSSR count). The Kier molecular flexibility index (Phi) is 2.97. The van der Waals surface area contributed by atoms with E-state index in [-0.39, 0.29) is 18.1 Å². The smallest absolute Gasteiger partial charge is 0.150 e. The van der Waals surface area contributed by atoms with E-state index in [4.69, 9.17) is 5.73 Å². The van der Waals surface area contributed by atoms with Gasteiger partial charge in [0.05, 0.1) is 11.5 Å². The van der Waals surface area contributed by atoms with Gasteiger partial charge in [-0.15, -0.1) is 0 Å². The Hall–Kier alpha value is -0.160. The van der Waals surface area contributed by atoms with Crippen LogP contribution < -0.4 is 5.73 Å². The summed E-state index contributed by atoms with van der Waals surface area (Å²) in [6.45, 7) is 1.28. The Balaban J connectivity index is 2.73. The standard InChI is InChI=1S/C8H16FNO2S/c1-8(9,6-10)7-3-2-4-13(11,12)5-7/h7H,2-6,10H2,1H3. The molecular formula is C8H16FNO2S. The maximum atomic E-state index is 13.7. The summed E-state index contributed by atoms with van der Waals surface area (Å²) in [7, 11) is -3.02. The zero-order valence-corrected chi connectivity index (χ0v) is 8.61. The van der Waals surface area contributed by atoms with Crippen molar-refractivity contribution in [2.75, 3.05) is 18.1 Å². The maximum Gasteiger partial charge on any atom is 0.150 e. The van der Waals surface area contributed by atoms with Crippen molar-refractivity contribution < 1.29 is 12.8 Å². The normalized spacial score (nSPS) is 32.4. The van der Waals surface area contributed by atoms with Crippen LogP contribution in [0.3, 0.4) is 0 Å². The first kappa shape index (κ1) is 10.9. The molecule has 0 aromatic rings. The fourth-order valence-electron chi connectivity index (χ4n) is 1.66. The summed E-state index contributed by atoms with van der Waals surface area (Å²) in [4.78, 5) is 0. The minimum absolute atomic E-state index is 0.0444. The molecule has 0 saturated carbocycles. The van der Waals surface area contributed by atoms with Crippen molar-refractivity contribution in [3.8, 4) is 0 Å². The molecule has 1 aliphatic heterocycles. The van der Waals surface area contributed by atoms with Crippen LogP contribution in [0.1, 0.15) is 19.8 Å². The van der Waals surface area contributed by atoms with E-state index in [2.05, 4.69) is 0 Å². The highest BCUT2D eigenvalue weighted by Gasteiger charge is 2.38. The Morgan fingerprint density at radius 3 is 2.69 bits per heavy atom. The van der Waals surface area contributed by atoms with Gasteiger partial charge < -0.3 is 5.73 Å². The maximum absolute atomic E-state index is 13.7. The van der Waals surface area contributed by atoms with Crippen molar-refractivity contribution in [3.05, 3.63) is 0 Å². The number of hydrogen-bond acceptors (Lipinski definition) is 3. The van der Waals surface area contributed by atoms with Crippen molar-refractivity contribution in [2.24, 2.45) is 11.7 Å². The molecule has 0 bridgehead atoms. The second-order valence-electron chi connectivity index (χ2n) is 3.94. The molecule has 2 unspecified atom stereocenters. The van der Waals surface area contributed by atoms with Crippen LogP contribution in [0, 0.1) is 5.92 Å². The quantitative estimate of drug-likeness (QED) is 0.720. The molecule has 1 heterocycles. The number of hydrogen-bond donors (Lipinski definition) is 1. The van der Waals surface area contributed by atoms with Crippen molar-refractivity contribution in [1.82, 2.24) is 0 Å². The van der Waals surface area contributed by atoms with Gasteiger partial charge in [0.2, 0.25) is 0 Å². The van der Waals surface area contributed by atoms with E-state index in [9.17, 15) is 12.8 Å². The van der Waals surface area contributed by atoms with Crippen LogP contribution in [0.15, 0.2) is 0 Å². The molecule has 2 atom stereocenters. The number of halogens is 1. The van der Waals surface area contributed by atoms with Crippen LogP contribution >= 0.6 is 0 Å². The van der Waals surface area contributed by atoms with Crippen molar-refractivity contribution in [2.45, 2.75) is 25.4 Å². The number of rotatable bonds is 2. The van der Waals surface area contributed by atoms with Crippen LogP contribution in [-0.4, -0.2) is 32.1 Å². The fourth-order valence-corrected chi connectivity index (χ4v) is 3.56. The molecule has 0 spiro atoms. The summed E-state index contributed by atoms with van der Waals surface area (Å²) >= 11 is 0. The van der Waals surface area contributed by atoms with Crippen LogP contribution in [0.2, 0.25) is 0 Å². The van der Waals surface area contributed by atoms with Gasteiger partial charge in [0.15, 0.2) is 9.84 Å². The van der Waals surface area contributed by atoms with Gasteiger partial charge in [-0.25, -0.2) is 12.8 Å². The first-order valence-electron chi connectivity index (χ1n) is 4.47. The van der Waals surface area contributed by atoms with Gasteiger partial charge in [0, 0.05) is 12.5 Å². The molecule has 5 heteroatoms. The highest BCUT2D eigenvalue weighted by Crippen LogP contribution is 2.30. The van der Waals surface area contributed by atoms with Crippen LogP contribution in [0.4, 0.5) is 4.39 Å². The van der Waals surface area contributed by atoms with E-state index < -0.39 is 21.4 Å². The van der Waals surface area contributed by atoms with Gasteiger partial charge in [-0.2, -0.15) is 0 Å². The summed E-state index contributed by atoms with van der Waals surface area (Å²) < 4.78 is 36.1. The van der Waals surface area contributed by atoms with E-state index >= 15 is 0 Å². The monoisotopic (exact) mass is 209 g/mol. The van der Waals surface area contributed by atoms with E-state index in [0.29, 0.717) is 12.8 Å². The molecule has 1 saturated heterocycles. The molecule has 1 fully saturated rings. The minimum Gasteiger partial charge on any atom is -0.328 e. The second-order valence-corrected chi connectivity index (χ2v) is 6.16. The number of nitrogens with two attached hydrogens (primary N) is 1. The Bertz CT molecular complexity index is 274. The van der Waals surface area contributed by atoms with Crippen molar-refractivity contribution in [1.29, 1.82) is 0 Å². The lowest BCUT2D eigenvalue weighted by molar-refractivity contribution is 0.115. The molecule has 0 aromatic heterocycles. The third-order valence-electron chi connectivity index (χ3n) is 2.71. The molecule has 0 aromatic carbocycles. The molecule has 2 N–H and O–H groups in total. The molecule has 0 radical (unpaired) electrons. The molecule has 0 amide bonds. The minimum atomic E-state index is -3.02. The zero-order chi connectivity index (χ0) is 10.1. The summed E-state index contributed by atoms with van der Waals surface area (Å²) in [6, 6.07) is 0. The third kappa shape index (κ3) is 2.64. The first-order valence-corrected chi connectivity index (χ1v) is 6.29. The van der Waals surface area contributed by atoms with Gasteiger partial charge in [0.25, 0.3) is 0 Å². The van der Waals surface area contributed by atoms with Gasteiger partial charge in [-0.05, 0) is 19.8 Å². The lowest BCUT2D eigenvalue weighted by Gasteiger charge is -2.31. The van der Waals surface area contributed by atoms with Crippen LogP contribution in [-0.2, 0) is 9.84 Å². The van der Waals surface area contributed by atoms with E-state index in [0.717, 1.165) is 0 Å². The van der Waals surface area contributed by atoms with E-state index in [1.807, 2.05) is 0 Å². The lowest BCUT2D eigenvalue weighted by Crippen LogP contribution is -2.43. The summed E-state index contributed by atoms with van der Waals surface area (Å²) in [5.41, 5.74) is 3.72. The average molecular weight is 209 g/mol. The Labute approximate surface area is 78.4 Å². The first-order chi connectivity index (χ1) is 5.87. The Morgan fingerprint density at radius 1 is 1.62 bits per heavy atom. The molecule has 3 nitrogen and oxygen atoms in total. The number of sulfone groups is 1. The van der Waals surface area contributed by atoms with Crippen molar-refractivity contribution >= 4 is 9.84 Å². The van der Waals surface area contributed by atoms with E-state index in [1.54, 1.807) is 0 Å². The van der Waals surface area contributed by atoms with Gasteiger partial charge in [-0.3, -0.25) is 0 Å². The largest absolute Gasteiger partial charge is 0.328 e. The molecule has 0 aliphatic carbocycles. The topological polar surface area (TPSA) is 60.2 Å². The van der Waals surface area contributed by atoms with E-state index in [1.165, 1.54) is 6.92 Å². The molecule has 1 aliphatic rings. The fraction of sp³-hybridized carbons (Fsp3) is 1.00. The SMILES string of the molecule is CC(F)(CN)C1CCCS(=O)(=O)C1. The summed E-state index contributed by atoms with van der Waals surface area (Å²) in [5, 5.41) is 0. The lowest BCUT2D eigenvalue weighted by atomic mass is 9.88. The average Bonchev–Trinajstić information content (AvgIpc) is 2.03. The predicted molar refractivity (Wildman–Crippen MR) is 49.9 cm³/mol. The van der Waals surface area contributed by atoms with Gasteiger partial charge >= 0.3 is 0 Å². The highest BCUT2D eigenvalue weighted by molar-refractivity contribution is 7.91. The summed E-state index contributed by atoms with van der Waals surface area (Å²) in [5.74, 6) is -0.266. The second kappa shape index (κ2) is 3.53. The summed E-state index contributed by atoms with van der Waals surface area (Å²) in [6.07, 6.45) is 1.19. The highest BCUT2D eigenvalue weighted by atomic mass is 32.2. The molecular weight excluding hydrogens is 193 g/mol. The molecule has 13 heavy (non-hydrogen) atoms. The molecule has 78 valence electrons. The number of alkyl halides is 1. The Morgan fingerprint density at radius 2 is 2.23 bits per heavy atom.